The Morgan fingerprint density at radius 3 is 2.29 bits per heavy atom. The van der Waals surface area contributed by atoms with E-state index in [1.54, 1.807) is 0 Å². The van der Waals surface area contributed by atoms with Gasteiger partial charge < -0.3 is 14.0 Å². The van der Waals surface area contributed by atoms with Crippen LogP contribution in [0.15, 0.2) is 78.9 Å². The van der Waals surface area contributed by atoms with Crippen molar-refractivity contribution in [2.45, 2.75) is 26.5 Å². The van der Waals surface area contributed by atoms with Gasteiger partial charge in [-0.1, -0.05) is 49.4 Å². The van der Waals surface area contributed by atoms with Gasteiger partial charge in [0.2, 0.25) is 0 Å². The van der Waals surface area contributed by atoms with E-state index in [0.29, 0.717) is 19.8 Å². The molecule has 4 rings (SSSR count). The third-order valence-corrected chi connectivity index (χ3v) is 4.76. The van der Waals surface area contributed by atoms with Gasteiger partial charge in [0, 0.05) is 0 Å². The Morgan fingerprint density at radius 1 is 0.786 bits per heavy atom. The standard InChI is InChI=1S/C24H24N2O2/c1-2-19-12-14-21(15-13-19)27-17-16-26-23-11-7-6-10-22(23)25-24(26)18-28-20-8-4-3-5-9-20/h3-15H,2,16-18H2,1H3. The number of hydrogen-bond acceptors (Lipinski definition) is 3. The molecule has 3 aromatic carbocycles. The Morgan fingerprint density at radius 2 is 1.50 bits per heavy atom. The van der Waals surface area contributed by atoms with Crippen molar-refractivity contribution in [3.8, 4) is 11.5 Å². The quantitative estimate of drug-likeness (QED) is 0.423. The molecule has 0 N–H and O–H groups in total. The Balaban J connectivity index is 1.47. The third-order valence-electron chi connectivity index (χ3n) is 4.76. The summed E-state index contributed by atoms with van der Waals surface area (Å²) in [6.45, 7) is 3.86. The summed E-state index contributed by atoms with van der Waals surface area (Å²) in [7, 11) is 0. The predicted molar refractivity (Wildman–Crippen MR) is 112 cm³/mol. The molecular formula is C24H24N2O2. The average Bonchev–Trinajstić information content (AvgIpc) is 3.11. The fourth-order valence-electron chi connectivity index (χ4n) is 3.23. The summed E-state index contributed by atoms with van der Waals surface area (Å²) in [4.78, 5) is 4.76. The topological polar surface area (TPSA) is 36.3 Å². The molecule has 0 bridgehead atoms. The molecule has 0 unspecified atom stereocenters. The Kier molecular flexibility index (Phi) is 5.57. The van der Waals surface area contributed by atoms with Crippen LogP contribution < -0.4 is 9.47 Å². The molecule has 1 aromatic heterocycles. The minimum absolute atomic E-state index is 0.421. The maximum absolute atomic E-state index is 5.96. The highest BCUT2D eigenvalue weighted by Gasteiger charge is 2.11. The lowest BCUT2D eigenvalue weighted by molar-refractivity contribution is 0.272. The van der Waals surface area contributed by atoms with E-state index < -0.39 is 0 Å². The zero-order valence-electron chi connectivity index (χ0n) is 16.0. The normalized spacial score (nSPS) is 10.9. The lowest BCUT2D eigenvalue weighted by Gasteiger charge is -2.12. The lowest BCUT2D eigenvalue weighted by atomic mass is 10.2. The van der Waals surface area contributed by atoms with Crippen molar-refractivity contribution in [2.75, 3.05) is 6.61 Å². The number of rotatable bonds is 8. The first kappa shape index (κ1) is 18.1. The van der Waals surface area contributed by atoms with E-state index in [1.807, 2.05) is 60.7 Å². The molecular weight excluding hydrogens is 348 g/mol. The van der Waals surface area contributed by atoms with E-state index in [2.05, 4.69) is 29.7 Å². The van der Waals surface area contributed by atoms with Crippen molar-refractivity contribution >= 4 is 11.0 Å². The monoisotopic (exact) mass is 372 g/mol. The van der Waals surface area contributed by atoms with Crippen molar-refractivity contribution in [1.82, 2.24) is 9.55 Å². The molecule has 0 spiro atoms. The average molecular weight is 372 g/mol. The highest BCUT2D eigenvalue weighted by atomic mass is 16.5. The van der Waals surface area contributed by atoms with Crippen LogP contribution in [0, 0.1) is 0 Å². The molecule has 1 heterocycles. The molecule has 0 saturated heterocycles. The molecule has 0 saturated carbocycles. The van der Waals surface area contributed by atoms with Crippen LogP contribution >= 0.6 is 0 Å². The fraction of sp³-hybridized carbons (Fsp3) is 0.208. The number of para-hydroxylation sites is 3. The third kappa shape index (κ3) is 4.17. The second kappa shape index (κ2) is 8.61. The van der Waals surface area contributed by atoms with Crippen LogP contribution in [0.5, 0.6) is 11.5 Å². The molecule has 142 valence electrons. The van der Waals surface area contributed by atoms with E-state index in [4.69, 9.17) is 14.5 Å². The number of aryl methyl sites for hydroxylation is 1. The largest absolute Gasteiger partial charge is 0.492 e. The van der Waals surface area contributed by atoms with Gasteiger partial charge in [0.15, 0.2) is 0 Å². The van der Waals surface area contributed by atoms with Gasteiger partial charge in [0.25, 0.3) is 0 Å². The van der Waals surface area contributed by atoms with Crippen LogP contribution in [0.4, 0.5) is 0 Å². The van der Waals surface area contributed by atoms with Crippen molar-refractivity contribution in [3.63, 3.8) is 0 Å². The number of aromatic nitrogens is 2. The molecule has 4 nitrogen and oxygen atoms in total. The van der Waals surface area contributed by atoms with Gasteiger partial charge in [-0.05, 0) is 48.4 Å². The minimum Gasteiger partial charge on any atom is -0.492 e. The van der Waals surface area contributed by atoms with Gasteiger partial charge in [0.05, 0.1) is 17.6 Å². The Hall–Kier alpha value is -3.27. The number of ether oxygens (including phenoxy) is 2. The summed E-state index contributed by atoms with van der Waals surface area (Å²) in [6.07, 6.45) is 1.03. The van der Waals surface area contributed by atoms with Crippen LogP contribution in [-0.2, 0) is 19.6 Å². The van der Waals surface area contributed by atoms with Gasteiger partial charge >= 0.3 is 0 Å². The molecule has 0 atom stereocenters. The van der Waals surface area contributed by atoms with Crippen molar-refractivity contribution < 1.29 is 9.47 Å². The molecule has 0 aliphatic rings. The van der Waals surface area contributed by atoms with Crippen molar-refractivity contribution in [2.24, 2.45) is 0 Å². The summed E-state index contributed by atoms with van der Waals surface area (Å²) >= 11 is 0. The van der Waals surface area contributed by atoms with Crippen LogP contribution in [0.2, 0.25) is 0 Å². The van der Waals surface area contributed by atoms with E-state index in [0.717, 1.165) is 34.8 Å². The number of imidazole rings is 1. The highest BCUT2D eigenvalue weighted by molar-refractivity contribution is 5.75. The number of hydrogen-bond donors (Lipinski definition) is 0. The maximum Gasteiger partial charge on any atom is 0.148 e. The first-order chi connectivity index (χ1) is 13.8. The number of benzene rings is 3. The molecule has 0 aliphatic carbocycles. The fourth-order valence-corrected chi connectivity index (χ4v) is 3.23. The van der Waals surface area contributed by atoms with Crippen molar-refractivity contribution in [1.29, 1.82) is 0 Å². The maximum atomic E-state index is 5.96. The summed E-state index contributed by atoms with van der Waals surface area (Å²) < 4.78 is 14.1. The summed E-state index contributed by atoms with van der Waals surface area (Å²) in [6, 6.07) is 26.3. The first-order valence-corrected chi connectivity index (χ1v) is 9.67. The van der Waals surface area contributed by atoms with Gasteiger partial charge in [-0.25, -0.2) is 4.98 Å². The molecule has 4 heteroatoms. The smallest absolute Gasteiger partial charge is 0.148 e. The predicted octanol–water partition coefficient (Wildman–Crippen LogP) is 5.26. The summed E-state index contributed by atoms with van der Waals surface area (Å²) in [5.41, 5.74) is 3.38. The SMILES string of the molecule is CCc1ccc(OCCn2c(COc3ccccc3)nc3ccccc32)cc1. The molecule has 0 aliphatic heterocycles. The first-order valence-electron chi connectivity index (χ1n) is 9.67. The second-order valence-corrected chi connectivity index (χ2v) is 6.62. The zero-order valence-corrected chi connectivity index (χ0v) is 16.0. The van der Waals surface area contributed by atoms with Gasteiger partial charge in [-0.3, -0.25) is 0 Å². The Bertz CT molecular complexity index is 1020. The molecule has 0 fully saturated rings. The minimum atomic E-state index is 0.421. The van der Waals surface area contributed by atoms with Crippen LogP contribution in [-0.4, -0.2) is 16.2 Å². The van der Waals surface area contributed by atoms with Gasteiger partial charge in [-0.2, -0.15) is 0 Å². The van der Waals surface area contributed by atoms with E-state index in [1.165, 1.54) is 5.56 Å². The second-order valence-electron chi connectivity index (χ2n) is 6.62. The van der Waals surface area contributed by atoms with Crippen LogP contribution in [0.3, 0.4) is 0 Å². The van der Waals surface area contributed by atoms with Crippen LogP contribution in [0.25, 0.3) is 11.0 Å². The zero-order chi connectivity index (χ0) is 19.2. The van der Waals surface area contributed by atoms with Crippen LogP contribution in [0.1, 0.15) is 18.3 Å². The van der Waals surface area contributed by atoms with Gasteiger partial charge in [-0.15, -0.1) is 0 Å². The molecule has 0 radical (unpaired) electrons. The van der Waals surface area contributed by atoms with Crippen molar-refractivity contribution in [3.05, 3.63) is 90.3 Å². The number of nitrogens with zero attached hydrogens (tertiary/aromatic N) is 2. The molecule has 0 amide bonds. The van der Waals surface area contributed by atoms with E-state index >= 15 is 0 Å². The highest BCUT2D eigenvalue weighted by Crippen LogP contribution is 2.19. The van der Waals surface area contributed by atoms with E-state index in [9.17, 15) is 0 Å². The van der Waals surface area contributed by atoms with Gasteiger partial charge in [0.1, 0.15) is 30.5 Å². The Labute approximate surface area is 165 Å². The number of fused-ring (bicyclic) bond motifs is 1. The van der Waals surface area contributed by atoms with E-state index in [-0.39, 0.29) is 0 Å². The summed E-state index contributed by atoms with van der Waals surface area (Å²) in [5, 5.41) is 0. The molecule has 28 heavy (non-hydrogen) atoms. The summed E-state index contributed by atoms with van der Waals surface area (Å²) in [5.74, 6) is 2.63. The molecule has 4 aromatic rings. The lowest BCUT2D eigenvalue weighted by Crippen LogP contribution is -2.13.